The molecule has 8 heteroatoms. The summed E-state index contributed by atoms with van der Waals surface area (Å²) in [4.78, 5) is -0.357. The van der Waals surface area contributed by atoms with Crippen LogP contribution in [0, 0.1) is 5.82 Å². The largest absolute Gasteiger partial charge is 0.399 e. The van der Waals surface area contributed by atoms with Gasteiger partial charge in [-0.2, -0.15) is 0 Å². The molecule has 1 aromatic carbocycles. The molecule has 1 rings (SSSR count). The van der Waals surface area contributed by atoms with E-state index in [4.69, 9.17) is 5.73 Å². The van der Waals surface area contributed by atoms with Crippen molar-refractivity contribution in [2.24, 2.45) is 0 Å². The van der Waals surface area contributed by atoms with Crippen LogP contribution < -0.4 is 10.5 Å². The van der Waals surface area contributed by atoms with Gasteiger partial charge in [0.15, 0.2) is 0 Å². The van der Waals surface area contributed by atoms with Crippen molar-refractivity contribution in [3.8, 4) is 0 Å². The minimum Gasteiger partial charge on any atom is -0.399 e. The molecular weight excluding hydrogens is 275 g/mol. The minimum absolute atomic E-state index is 0.0320. The van der Waals surface area contributed by atoms with Crippen LogP contribution in [0.4, 0.5) is 10.1 Å². The van der Waals surface area contributed by atoms with Crippen LogP contribution in [0.5, 0.6) is 0 Å². The molecule has 0 saturated carbocycles. The van der Waals surface area contributed by atoms with Crippen molar-refractivity contribution >= 4 is 15.7 Å². The molecule has 0 spiro atoms. The summed E-state index contributed by atoms with van der Waals surface area (Å²) in [6.45, 7) is 0.447. The highest BCUT2D eigenvalue weighted by Crippen LogP contribution is 2.19. The molecule has 19 heavy (non-hydrogen) atoms. The molecule has 0 unspecified atom stereocenters. The van der Waals surface area contributed by atoms with E-state index in [2.05, 4.69) is 4.72 Å². The number of nitrogens with one attached hydrogen (secondary N) is 1. The zero-order chi connectivity index (χ0) is 14.7. The van der Waals surface area contributed by atoms with Crippen LogP contribution in [0.1, 0.15) is 13.3 Å². The Hall–Kier alpha value is -1.22. The van der Waals surface area contributed by atoms with E-state index in [0.717, 1.165) is 18.2 Å². The Morgan fingerprint density at radius 2 is 1.89 bits per heavy atom. The lowest BCUT2D eigenvalue weighted by molar-refractivity contribution is 0.105. The molecule has 0 radical (unpaired) electrons. The summed E-state index contributed by atoms with van der Waals surface area (Å²) in [5.41, 5.74) is 3.97. The Balaban J connectivity index is 3.17. The molecule has 0 saturated heterocycles. The molecule has 5 N–H and O–H groups in total. The molecule has 0 atom stereocenters. The molecule has 0 aliphatic carbocycles. The van der Waals surface area contributed by atoms with Gasteiger partial charge in [0, 0.05) is 5.69 Å². The first-order chi connectivity index (χ1) is 8.78. The monoisotopic (exact) mass is 292 g/mol. The number of nitrogen functional groups attached to an aromatic ring is 1. The lowest BCUT2D eigenvalue weighted by Crippen LogP contribution is -2.53. The van der Waals surface area contributed by atoms with Gasteiger partial charge in [0.25, 0.3) is 0 Å². The maximum Gasteiger partial charge on any atom is 0.241 e. The second-order valence-corrected chi connectivity index (χ2v) is 5.96. The number of sulfonamides is 1. The smallest absolute Gasteiger partial charge is 0.241 e. The number of halogens is 1. The molecule has 0 aliphatic rings. The van der Waals surface area contributed by atoms with Gasteiger partial charge in [-0.15, -0.1) is 0 Å². The van der Waals surface area contributed by atoms with E-state index in [0.29, 0.717) is 0 Å². The van der Waals surface area contributed by atoms with Crippen LogP contribution in [0.3, 0.4) is 0 Å². The number of aliphatic hydroxyl groups excluding tert-OH is 2. The van der Waals surface area contributed by atoms with Gasteiger partial charge in [-0.05, 0) is 24.6 Å². The number of hydrogen-bond acceptors (Lipinski definition) is 5. The van der Waals surface area contributed by atoms with Crippen molar-refractivity contribution in [1.82, 2.24) is 4.72 Å². The fourth-order valence-corrected chi connectivity index (χ4v) is 3.01. The second-order valence-electron chi connectivity index (χ2n) is 4.28. The van der Waals surface area contributed by atoms with Gasteiger partial charge >= 0.3 is 0 Å². The van der Waals surface area contributed by atoms with Crippen LogP contribution in [-0.2, 0) is 10.0 Å². The Morgan fingerprint density at radius 1 is 1.32 bits per heavy atom. The lowest BCUT2D eigenvalue weighted by atomic mass is 10.0. The van der Waals surface area contributed by atoms with Crippen LogP contribution in [0.2, 0.25) is 0 Å². The minimum atomic E-state index is -4.09. The fraction of sp³-hybridized carbons (Fsp3) is 0.455. The highest BCUT2D eigenvalue weighted by Gasteiger charge is 2.32. The SMILES string of the molecule is CCC(CO)(CO)NS(=O)(=O)c1cc(N)cc(F)c1. The zero-order valence-electron chi connectivity index (χ0n) is 10.4. The highest BCUT2D eigenvalue weighted by molar-refractivity contribution is 7.89. The third kappa shape index (κ3) is 3.63. The van der Waals surface area contributed by atoms with Gasteiger partial charge in [0.2, 0.25) is 10.0 Å². The number of hydrogen-bond donors (Lipinski definition) is 4. The molecule has 0 aromatic heterocycles. The van der Waals surface area contributed by atoms with E-state index in [1.54, 1.807) is 6.92 Å². The summed E-state index contributed by atoms with van der Waals surface area (Å²) in [6.07, 6.45) is 0.171. The predicted molar refractivity (Wildman–Crippen MR) is 68.3 cm³/mol. The number of aliphatic hydroxyl groups is 2. The first-order valence-electron chi connectivity index (χ1n) is 5.60. The van der Waals surface area contributed by atoms with Crippen molar-refractivity contribution in [2.45, 2.75) is 23.8 Å². The molecule has 0 amide bonds. The van der Waals surface area contributed by atoms with Crippen molar-refractivity contribution in [3.05, 3.63) is 24.0 Å². The van der Waals surface area contributed by atoms with Crippen molar-refractivity contribution in [2.75, 3.05) is 18.9 Å². The van der Waals surface area contributed by atoms with Crippen LogP contribution in [-0.4, -0.2) is 37.4 Å². The quantitative estimate of drug-likeness (QED) is 0.543. The summed E-state index contributed by atoms with van der Waals surface area (Å²) in [7, 11) is -4.09. The molecule has 6 nitrogen and oxygen atoms in total. The molecule has 0 heterocycles. The standard InChI is InChI=1S/C11H17FN2O4S/c1-2-11(6-15,7-16)14-19(17,18)10-4-8(12)3-9(13)5-10/h3-5,14-16H,2,6-7,13H2,1H3. The normalized spacial score (nSPS) is 12.6. The van der Waals surface area contributed by atoms with Gasteiger partial charge in [0.1, 0.15) is 5.82 Å². The summed E-state index contributed by atoms with van der Waals surface area (Å²) < 4.78 is 39.5. The number of nitrogens with two attached hydrogens (primary N) is 1. The van der Waals surface area contributed by atoms with Gasteiger partial charge in [-0.25, -0.2) is 17.5 Å². The molecular formula is C11H17FN2O4S. The average molecular weight is 292 g/mol. The Kier molecular flexibility index (Phi) is 4.86. The summed E-state index contributed by atoms with van der Waals surface area (Å²) in [5, 5.41) is 18.4. The average Bonchev–Trinajstić information content (AvgIpc) is 2.35. The fourth-order valence-electron chi connectivity index (χ4n) is 1.49. The van der Waals surface area contributed by atoms with Gasteiger partial charge in [-0.3, -0.25) is 0 Å². The predicted octanol–water partition coefficient (Wildman–Crippen LogP) is -0.180. The molecule has 0 aliphatic heterocycles. The third-order valence-electron chi connectivity index (χ3n) is 2.84. The van der Waals surface area contributed by atoms with E-state index >= 15 is 0 Å². The van der Waals surface area contributed by atoms with Crippen molar-refractivity contribution in [3.63, 3.8) is 0 Å². The maximum atomic E-state index is 13.2. The van der Waals surface area contributed by atoms with E-state index in [1.165, 1.54) is 0 Å². The number of rotatable bonds is 6. The first-order valence-corrected chi connectivity index (χ1v) is 7.08. The van der Waals surface area contributed by atoms with Crippen molar-refractivity contribution < 1.29 is 23.0 Å². The number of anilines is 1. The van der Waals surface area contributed by atoms with Crippen LogP contribution in [0.25, 0.3) is 0 Å². The lowest BCUT2D eigenvalue weighted by Gasteiger charge is -2.29. The van der Waals surface area contributed by atoms with Crippen LogP contribution in [0.15, 0.2) is 23.1 Å². The van der Waals surface area contributed by atoms with Gasteiger partial charge in [0.05, 0.1) is 23.6 Å². The van der Waals surface area contributed by atoms with E-state index < -0.39 is 34.6 Å². The maximum absolute atomic E-state index is 13.2. The Bertz CT molecular complexity index is 515. The van der Waals surface area contributed by atoms with E-state index in [1.807, 2.05) is 0 Å². The highest BCUT2D eigenvalue weighted by atomic mass is 32.2. The summed E-state index contributed by atoms with van der Waals surface area (Å²) >= 11 is 0. The summed E-state index contributed by atoms with van der Waals surface area (Å²) in [5.74, 6) is -0.782. The van der Waals surface area contributed by atoms with Crippen molar-refractivity contribution in [1.29, 1.82) is 0 Å². The van der Waals surface area contributed by atoms with E-state index in [-0.39, 0.29) is 17.0 Å². The third-order valence-corrected chi connectivity index (χ3v) is 4.39. The van der Waals surface area contributed by atoms with E-state index in [9.17, 15) is 23.0 Å². The number of benzene rings is 1. The molecule has 0 fully saturated rings. The topological polar surface area (TPSA) is 113 Å². The summed E-state index contributed by atoms with van der Waals surface area (Å²) in [6, 6.07) is 2.90. The Morgan fingerprint density at radius 3 is 2.32 bits per heavy atom. The molecule has 0 bridgehead atoms. The molecule has 108 valence electrons. The van der Waals surface area contributed by atoms with Gasteiger partial charge in [-0.1, -0.05) is 6.92 Å². The zero-order valence-corrected chi connectivity index (χ0v) is 11.2. The first kappa shape index (κ1) is 15.8. The second kappa shape index (κ2) is 5.83. The Labute approximate surface area is 111 Å². The van der Waals surface area contributed by atoms with Crippen LogP contribution >= 0.6 is 0 Å². The van der Waals surface area contributed by atoms with Gasteiger partial charge < -0.3 is 15.9 Å². The molecule has 1 aromatic rings.